The fourth-order valence-corrected chi connectivity index (χ4v) is 3.39. The second-order valence-corrected chi connectivity index (χ2v) is 6.77. The van der Waals surface area contributed by atoms with E-state index < -0.39 is 5.97 Å². The van der Waals surface area contributed by atoms with Crippen LogP contribution in [0.15, 0.2) is 48.4 Å². The number of hydrogen-bond acceptors (Lipinski definition) is 6. The zero-order valence-electron chi connectivity index (χ0n) is 16.9. The van der Waals surface area contributed by atoms with Crippen LogP contribution in [0.25, 0.3) is 17.0 Å². The van der Waals surface area contributed by atoms with E-state index in [1.807, 2.05) is 36.0 Å². The molecule has 0 spiro atoms. The summed E-state index contributed by atoms with van der Waals surface area (Å²) in [7, 11) is 3.56. The van der Waals surface area contributed by atoms with Crippen LogP contribution in [-0.4, -0.2) is 36.6 Å². The van der Waals surface area contributed by atoms with Gasteiger partial charge in [-0.05, 0) is 43.3 Å². The topological polar surface area (TPSA) is 76.0 Å². The number of carbonyl (C=O) groups excluding carboxylic acids is 2. The molecule has 1 aliphatic heterocycles. The number of hydrogen-bond donors (Lipinski definition) is 0. The third-order valence-corrected chi connectivity index (χ3v) is 4.82. The number of ether oxygens (including phenoxy) is 4. The Bertz CT molecular complexity index is 1170. The molecular weight excluding hydrogens is 386 g/mol. The molecule has 0 amide bonds. The maximum absolute atomic E-state index is 12.8. The largest absolute Gasteiger partial charge is 0.497 e. The Hall–Kier alpha value is -3.74. The van der Waals surface area contributed by atoms with E-state index in [4.69, 9.17) is 18.9 Å². The van der Waals surface area contributed by atoms with Crippen molar-refractivity contribution >= 4 is 28.7 Å². The number of allylic oxidation sites excluding steroid dienone is 1. The molecule has 30 heavy (non-hydrogen) atoms. The minimum absolute atomic E-state index is 0.207. The number of aromatic nitrogens is 1. The van der Waals surface area contributed by atoms with Crippen molar-refractivity contribution in [2.24, 2.45) is 7.05 Å². The predicted molar refractivity (Wildman–Crippen MR) is 111 cm³/mol. The molecule has 3 aromatic rings. The average Bonchev–Trinajstić information content (AvgIpc) is 3.22. The van der Waals surface area contributed by atoms with Crippen molar-refractivity contribution in [3.05, 3.63) is 59.5 Å². The summed E-state index contributed by atoms with van der Waals surface area (Å²) in [6, 6.07) is 10.6. The van der Waals surface area contributed by atoms with Crippen molar-refractivity contribution in [2.75, 3.05) is 20.3 Å². The first-order valence-corrected chi connectivity index (χ1v) is 9.50. The van der Waals surface area contributed by atoms with Crippen LogP contribution in [-0.2, 0) is 16.6 Å². The molecule has 7 heteroatoms. The third kappa shape index (κ3) is 3.61. The quantitative estimate of drug-likeness (QED) is 0.458. The molecule has 0 radical (unpaired) electrons. The highest BCUT2D eigenvalue weighted by Gasteiger charge is 2.28. The lowest BCUT2D eigenvalue weighted by atomic mass is 10.1. The van der Waals surface area contributed by atoms with Gasteiger partial charge in [0.15, 0.2) is 12.4 Å². The smallest absolute Gasteiger partial charge is 0.344 e. The van der Waals surface area contributed by atoms with Crippen molar-refractivity contribution in [2.45, 2.75) is 6.92 Å². The Morgan fingerprint density at radius 1 is 1.17 bits per heavy atom. The molecule has 4 rings (SSSR count). The molecule has 1 aromatic heterocycles. The molecule has 0 bridgehead atoms. The maximum Gasteiger partial charge on any atom is 0.344 e. The number of rotatable bonds is 6. The molecule has 2 aromatic carbocycles. The van der Waals surface area contributed by atoms with Crippen LogP contribution >= 0.6 is 0 Å². The van der Waals surface area contributed by atoms with Crippen LogP contribution < -0.4 is 14.2 Å². The Labute approximate surface area is 173 Å². The van der Waals surface area contributed by atoms with Crippen LogP contribution in [0, 0.1) is 0 Å². The van der Waals surface area contributed by atoms with Gasteiger partial charge < -0.3 is 23.5 Å². The SMILES string of the molecule is CCOC(=O)COc1ccc2c(c1)O/C(=C\c1cn(C)c3ccc(OC)cc13)C2=O. The summed E-state index contributed by atoms with van der Waals surface area (Å²) in [5.74, 6) is 1.11. The summed E-state index contributed by atoms with van der Waals surface area (Å²) in [4.78, 5) is 24.2. The minimum Gasteiger partial charge on any atom is -0.497 e. The van der Waals surface area contributed by atoms with Gasteiger partial charge in [-0.2, -0.15) is 0 Å². The van der Waals surface area contributed by atoms with Crippen molar-refractivity contribution in [1.82, 2.24) is 4.57 Å². The minimum atomic E-state index is -0.457. The number of benzene rings is 2. The Morgan fingerprint density at radius 3 is 2.73 bits per heavy atom. The van der Waals surface area contributed by atoms with Gasteiger partial charge in [-0.15, -0.1) is 0 Å². The first-order valence-electron chi connectivity index (χ1n) is 9.50. The summed E-state index contributed by atoms with van der Waals surface area (Å²) in [6.07, 6.45) is 3.66. The number of carbonyl (C=O) groups is 2. The number of nitrogens with zero attached hydrogens (tertiary/aromatic N) is 1. The van der Waals surface area contributed by atoms with E-state index in [0.717, 1.165) is 22.2 Å². The molecule has 154 valence electrons. The van der Waals surface area contributed by atoms with Gasteiger partial charge >= 0.3 is 5.97 Å². The van der Waals surface area contributed by atoms with Crippen LogP contribution in [0.3, 0.4) is 0 Å². The van der Waals surface area contributed by atoms with Crippen molar-refractivity contribution in [3.63, 3.8) is 0 Å². The molecule has 1 aliphatic rings. The molecule has 0 atom stereocenters. The average molecular weight is 407 g/mol. The second-order valence-electron chi connectivity index (χ2n) is 6.77. The standard InChI is InChI=1S/C23H21NO6/c1-4-28-22(25)13-29-16-5-7-17-20(11-16)30-21(23(17)26)9-14-12-24(2)19-8-6-15(27-3)10-18(14)19/h5-12H,4,13H2,1-3H3/b21-9-. The molecular formula is C23H21NO6. The summed E-state index contributed by atoms with van der Waals surface area (Å²) in [5, 5.41) is 0.954. The number of fused-ring (bicyclic) bond motifs is 2. The summed E-state index contributed by atoms with van der Waals surface area (Å²) >= 11 is 0. The van der Waals surface area contributed by atoms with E-state index in [-0.39, 0.29) is 24.8 Å². The van der Waals surface area contributed by atoms with Crippen molar-refractivity contribution in [3.8, 4) is 17.2 Å². The molecule has 0 saturated carbocycles. The third-order valence-electron chi connectivity index (χ3n) is 4.82. The molecule has 0 saturated heterocycles. The Morgan fingerprint density at radius 2 is 1.97 bits per heavy atom. The van der Waals surface area contributed by atoms with Crippen LogP contribution in [0.5, 0.6) is 17.2 Å². The molecule has 2 heterocycles. The first-order chi connectivity index (χ1) is 14.5. The Balaban J connectivity index is 1.60. The zero-order chi connectivity index (χ0) is 21.3. The van der Waals surface area contributed by atoms with Gasteiger partial charge in [-0.1, -0.05) is 0 Å². The van der Waals surface area contributed by atoms with Crippen molar-refractivity contribution < 1.29 is 28.5 Å². The predicted octanol–water partition coefficient (Wildman–Crippen LogP) is 3.75. The number of esters is 1. The molecule has 0 fully saturated rings. The summed E-state index contributed by atoms with van der Waals surface area (Å²) in [5.41, 5.74) is 2.31. The highest BCUT2D eigenvalue weighted by Crippen LogP contribution is 2.36. The second kappa shape index (κ2) is 7.94. The first kappa shape index (κ1) is 19.6. The monoisotopic (exact) mass is 407 g/mol. The molecule has 0 N–H and O–H groups in total. The van der Waals surface area contributed by atoms with Gasteiger partial charge in [-0.3, -0.25) is 4.79 Å². The Kier molecular flexibility index (Phi) is 5.18. The van der Waals surface area contributed by atoms with E-state index in [9.17, 15) is 9.59 Å². The van der Waals surface area contributed by atoms with Crippen LogP contribution in [0.4, 0.5) is 0 Å². The van der Waals surface area contributed by atoms with E-state index in [0.29, 0.717) is 17.1 Å². The fraction of sp³-hybridized carbons (Fsp3) is 0.217. The number of methoxy groups -OCH3 is 1. The van der Waals surface area contributed by atoms with Crippen LogP contribution in [0.1, 0.15) is 22.8 Å². The van der Waals surface area contributed by atoms with Gasteiger partial charge in [0.25, 0.3) is 0 Å². The van der Waals surface area contributed by atoms with E-state index >= 15 is 0 Å². The fourth-order valence-electron chi connectivity index (χ4n) is 3.39. The number of aryl methyl sites for hydroxylation is 1. The van der Waals surface area contributed by atoms with Crippen LogP contribution in [0.2, 0.25) is 0 Å². The van der Waals surface area contributed by atoms with Gasteiger partial charge in [0, 0.05) is 35.8 Å². The van der Waals surface area contributed by atoms with Gasteiger partial charge in [0.05, 0.1) is 19.3 Å². The van der Waals surface area contributed by atoms with Gasteiger partial charge in [0.2, 0.25) is 5.78 Å². The lowest BCUT2D eigenvalue weighted by Crippen LogP contribution is -2.14. The highest BCUT2D eigenvalue weighted by molar-refractivity contribution is 6.15. The summed E-state index contributed by atoms with van der Waals surface area (Å²) in [6.45, 7) is 1.81. The lowest BCUT2D eigenvalue weighted by molar-refractivity contribution is -0.145. The molecule has 0 aliphatic carbocycles. The van der Waals surface area contributed by atoms with Gasteiger partial charge in [-0.25, -0.2) is 4.79 Å². The van der Waals surface area contributed by atoms with E-state index in [1.54, 1.807) is 38.3 Å². The molecule has 7 nitrogen and oxygen atoms in total. The summed E-state index contributed by atoms with van der Waals surface area (Å²) < 4.78 is 23.4. The van der Waals surface area contributed by atoms with Crippen molar-refractivity contribution in [1.29, 1.82) is 0 Å². The van der Waals surface area contributed by atoms with Gasteiger partial charge in [0.1, 0.15) is 17.2 Å². The van der Waals surface area contributed by atoms with E-state index in [2.05, 4.69) is 0 Å². The lowest BCUT2D eigenvalue weighted by Gasteiger charge is -2.06. The normalized spacial score (nSPS) is 14.0. The molecule has 0 unspecified atom stereocenters. The zero-order valence-corrected chi connectivity index (χ0v) is 16.9. The number of ketones is 1. The maximum atomic E-state index is 12.8. The highest BCUT2D eigenvalue weighted by atomic mass is 16.6. The number of Topliss-reactive ketones (excluding diaryl/α,β-unsaturated/α-hetero) is 1. The van der Waals surface area contributed by atoms with E-state index in [1.165, 1.54) is 0 Å².